The van der Waals surface area contributed by atoms with Gasteiger partial charge >= 0.3 is 0 Å². The van der Waals surface area contributed by atoms with Crippen LogP contribution in [-0.2, 0) is 11.2 Å². The van der Waals surface area contributed by atoms with Gasteiger partial charge in [-0.15, -0.1) is 0 Å². The molecule has 1 atom stereocenters. The molecule has 1 amide bonds. The van der Waals surface area contributed by atoms with Crippen molar-refractivity contribution in [2.75, 3.05) is 6.54 Å². The summed E-state index contributed by atoms with van der Waals surface area (Å²) in [7, 11) is 0. The molecule has 0 saturated carbocycles. The maximum absolute atomic E-state index is 11.7. The molecule has 20 heavy (non-hydrogen) atoms. The number of fused-ring (bicyclic) bond motifs is 1. The largest absolute Gasteiger partial charge is 0.354 e. The number of carbonyl (C=O) groups is 1. The number of benzene rings is 2. The highest BCUT2D eigenvalue weighted by atomic mass is 16.2. The first kappa shape index (κ1) is 14.5. The van der Waals surface area contributed by atoms with Gasteiger partial charge in [0.25, 0.3) is 0 Å². The SMILES string of the molecule is CCCC(N)C(=O)NCCc1ccc2ccccc2c1. The van der Waals surface area contributed by atoms with Gasteiger partial charge in [0, 0.05) is 6.54 Å². The second-order valence-electron chi connectivity index (χ2n) is 5.12. The molecule has 0 aliphatic heterocycles. The minimum Gasteiger partial charge on any atom is -0.354 e. The predicted octanol–water partition coefficient (Wildman–Crippen LogP) is 2.63. The Morgan fingerprint density at radius 2 is 1.95 bits per heavy atom. The summed E-state index contributed by atoms with van der Waals surface area (Å²) in [6.07, 6.45) is 2.50. The molecule has 0 heterocycles. The Kier molecular flexibility index (Phi) is 5.13. The molecular weight excluding hydrogens is 248 g/mol. The van der Waals surface area contributed by atoms with Crippen LogP contribution in [0.5, 0.6) is 0 Å². The van der Waals surface area contributed by atoms with Crippen molar-refractivity contribution in [1.82, 2.24) is 5.32 Å². The van der Waals surface area contributed by atoms with E-state index in [0.29, 0.717) is 6.54 Å². The van der Waals surface area contributed by atoms with E-state index in [1.165, 1.54) is 16.3 Å². The van der Waals surface area contributed by atoms with Gasteiger partial charge in [0.2, 0.25) is 5.91 Å². The van der Waals surface area contributed by atoms with Crippen molar-refractivity contribution in [1.29, 1.82) is 0 Å². The zero-order valence-electron chi connectivity index (χ0n) is 11.9. The van der Waals surface area contributed by atoms with Gasteiger partial charge in [0.15, 0.2) is 0 Å². The van der Waals surface area contributed by atoms with Crippen LogP contribution in [0, 0.1) is 0 Å². The molecule has 0 aliphatic carbocycles. The Morgan fingerprint density at radius 3 is 2.70 bits per heavy atom. The van der Waals surface area contributed by atoms with E-state index in [9.17, 15) is 4.79 Å². The van der Waals surface area contributed by atoms with Crippen molar-refractivity contribution >= 4 is 16.7 Å². The number of hydrogen-bond donors (Lipinski definition) is 2. The lowest BCUT2D eigenvalue weighted by molar-refractivity contribution is -0.122. The number of nitrogens with two attached hydrogens (primary N) is 1. The van der Waals surface area contributed by atoms with E-state index in [1.54, 1.807) is 0 Å². The van der Waals surface area contributed by atoms with Crippen LogP contribution in [0.3, 0.4) is 0 Å². The molecule has 0 fully saturated rings. The Bertz CT molecular complexity index is 580. The summed E-state index contributed by atoms with van der Waals surface area (Å²) >= 11 is 0. The number of nitrogens with one attached hydrogen (secondary N) is 1. The van der Waals surface area contributed by atoms with Crippen molar-refractivity contribution in [3.8, 4) is 0 Å². The summed E-state index contributed by atoms with van der Waals surface area (Å²) < 4.78 is 0. The lowest BCUT2D eigenvalue weighted by Gasteiger charge is -2.11. The molecule has 3 nitrogen and oxygen atoms in total. The van der Waals surface area contributed by atoms with E-state index >= 15 is 0 Å². The summed E-state index contributed by atoms with van der Waals surface area (Å²) in [4.78, 5) is 11.7. The number of carbonyl (C=O) groups excluding carboxylic acids is 1. The van der Waals surface area contributed by atoms with E-state index in [2.05, 4.69) is 35.6 Å². The first-order chi connectivity index (χ1) is 9.70. The van der Waals surface area contributed by atoms with E-state index in [1.807, 2.05) is 19.1 Å². The summed E-state index contributed by atoms with van der Waals surface area (Å²) in [5.74, 6) is -0.0485. The van der Waals surface area contributed by atoms with Crippen LogP contribution in [0.15, 0.2) is 42.5 Å². The van der Waals surface area contributed by atoms with Crippen molar-refractivity contribution < 1.29 is 4.79 Å². The second-order valence-corrected chi connectivity index (χ2v) is 5.12. The number of hydrogen-bond acceptors (Lipinski definition) is 2. The molecule has 3 N–H and O–H groups in total. The number of amides is 1. The third-order valence-corrected chi connectivity index (χ3v) is 3.46. The second kappa shape index (κ2) is 7.06. The van der Waals surface area contributed by atoms with Crippen molar-refractivity contribution in [3.63, 3.8) is 0 Å². The fourth-order valence-corrected chi connectivity index (χ4v) is 2.30. The number of rotatable bonds is 6. The first-order valence-electron chi connectivity index (χ1n) is 7.21. The Hall–Kier alpha value is -1.87. The van der Waals surface area contributed by atoms with Gasteiger partial charge in [-0.3, -0.25) is 4.79 Å². The quantitative estimate of drug-likeness (QED) is 0.847. The summed E-state index contributed by atoms with van der Waals surface area (Å²) in [6, 6.07) is 14.3. The lowest BCUT2D eigenvalue weighted by Crippen LogP contribution is -2.41. The van der Waals surface area contributed by atoms with Crippen LogP contribution in [0.2, 0.25) is 0 Å². The third kappa shape index (κ3) is 3.81. The zero-order chi connectivity index (χ0) is 14.4. The van der Waals surface area contributed by atoms with Crippen LogP contribution < -0.4 is 11.1 Å². The van der Waals surface area contributed by atoms with Gasteiger partial charge in [-0.2, -0.15) is 0 Å². The smallest absolute Gasteiger partial charge is 0.236 e. The molecule has 3 heteroatoms. The summed E-state index contributed by atoms with van der Waals surface area (Å²) in [5, 5.41) is 5.38. The lowest BCUT2D eigenvalue weighted by atomic mass is 10.1. The molecule has 2 aromatic rings. The van der Waals surface area contributed by atoms with Crippen LogP contribution in [0.1, 0.15) is 25.3 Å². The topological polar surface area (TPSA) is 55.1 Å². The van der Waals surface area contributed by atoms with Gasteiger partial charge in [0.1, 0.15) is 0 Å². The molecule has 2 rings (SSSR count). The monoisotopic (exact) mass is 270 g/mol. The molecule has 106 valence electrons. The van der Waals surface area contributed by atoms with Gasteiger partial charge in [-0.25, -0.2) is 0 Å². The molecule has 0 aliphatic rings. The minimum atomic E-state index is -0.378. The maximum Gasteiger partial charge on any atom is 0.236 e. The average molecular weight is 270 g/mol. The molecule has 0 radical (unpaired) electrons. The van der Waals surface area contributed by atoms with E-state index in [4.69, 9.17) is 5.73 Å². The molecule has 2 aromatic carbocycles. The summed E-state index contributed by atoms with van der Waals surface area (Å²) in [6.45, 7) is 2.66. The van der Waals surface area contributed by atoms with E-state index < -0.39 is 0 Å². The molecular formula is C17H22N2O. The van der Waals surface area contributed by atoms with Gasteiger partial charge in [-0.05, 0) is 29.2 Å². The van der Waals surface area contributed by atoms with E-state index in [0.717, 1.165) is 19.3 Å². The van der Waals surface area contributed by atoms with Crippen LogP contribution in [0.25, 0.3) is 10.8 Å². The fourth-order valence-electron chi connectivity index (χ4n) is 2.30. The van der Waals surface area contributed by atoms with Crippen molar-refractivity contribution in [2.45, 2.75) is 32.2 Å². The van der Waals surface area contributed by atoms with Crippen molar-refractivity contribution in [2.24, 2.45) is 5.73 Å². The van der Waals surface area contributed by atoms with Crippen LogP contribution in [-0.4, -0.2) is 18.5 Å². The molecule has 0 bridgehead atoms. The summed E-state index contributed by atoms with van der Waals surface area (Å²) in [5.41, 5.74) is 7.00. The van der Waals surface area contributed by atoms with Crippen LogP contribution >= 0.6 is 0 Å². The van der Waals surface area contributed by atoms with Gasteiger partial charge < -0.3 is 11.1 Å². The van der Waals surface area contributed by atoms with Crippen molar-refractivity contribution in [3.05, 3.63) is 48.0 Å². The molecule has 1 unspecified atom stereocenters. The third-order valence-electron chi connectivity index (χ3n) is 3.46. The highest BCUT2D eigenvalue weighted by Crippen LogP contribution is 2.15. The van der Waals surface area contributed by atoms with Crippen LogP contribution in [0.4, 0.5) is 0 Å². The fraction of sp³-hybridized carbons (Fsp3) is 0.353. The highest BCUT2D eigenvalue weighted by Gasteiger charge is 2.10. The standard InChI is InChI=1S/C17H22N2O/c1-2-5-16(18)17(20)19-11-10-13-8-9-14-6-3-4-7-15(14)12-13/h3-4,6-9,12,16H,2,5,10-11,18H2,1H3,(H,19,20). The normalized spacial score (nSPS) is 12.3. The van der Waals surface area contributed by atoms with Gasteiger partial charge in [-0.1, -0.05) is 55.8 Å². The predicted molar refractivity (Wildman–Crippen MR) is 83.5 cm³/mol. The molecule has 0 saturated heterocycles. The Morgan fingerprint density at radius 1 is 1.20 bits per heavy atom. The first-order valence-corrected chi connectivity index (χ1v) is 7.21. The Balaban J connectivity index is 1.88. The highest BCUT2D eigenvalue weighted by molar-refractivity contribution is 5.83. The molecule has 0 spiro atoms. The minimum absolute atomic E-state index is 0.0485. The maximum atomic E-state index is 11.7. The average Bonchev–Trinajstić information content (AvgIpc) is 2.47. The van der Waals surface area contributed by atoms with Gasteiger partial charge in [0.05, 0.1) is 6.04 Å². The van der Waals surface area contributed by atoms with E-state index in [-0.39, 0.29) is 11.9 Å². The molecule has 0 aromatic heterocycles. The zero-order valence-corrected chi connectivity index (χ0v) is 11.9. The Labute approximate surface area is 120 Å².